The van der Waals surface area contributed by atoms with Gasteiger partial charge in [0, 0.05) is 0 Å². The van der Waals surface area contributed by atoms with Crippen LogP contribution < -0.4 is 5.11 Å². The molecule has 76 valence electrons. The second-order valence-corrected chi connectivity index (χ2v) is 3.18. The lowest BCUT2D eigenvalue weighted by molar-refractivity contribution is -0.880. The molecule has 5 nitrogen and oxygen atoms in total. The molecule has 13 heavy (non-hydrogen) atoms. The summed E-state index contributed by atoms with van der Waals surface area (Å²) in [6.45, 7) is 6.00. The Morgan fingerprint density at radius 3 is 1.62 bits per heavy atom. The quantitative estimate of drug-likeness (QED) is 0.340. The van der Waals surface area contributed by atoms with Crippen LogP contribution in [-0.2, 0) is 9.59 Å². The molecule has 0 saturated heterocycles. The first kappa shape index (κ1) is 14.2. The molecule has 0 fully saturated rings. The topological polar surface area (TPSA) is 77.4 Å². The lowest BCUT2D eigenvalue weighted by Crippen LogP contribution is -2.58. The summed E-state index contributed by atoms with van der Waals surface area (Å²) in [5, 5.41) is 18.7. The molecular weight excluding hydrogens is 174 g/mol. The molecule has 0 aromatic carbocycles. The molecule has 1 unspecified atom stereocenters. The van der Waals surface area contributed by atoms with Crippen molar-refractivity contribution in [3.63, 3.8) is 0 Å². The zero-order valence-electron chi connectivity index (χ0n) is 8.11. The maximum Gasteiger partial charge on any atom is 0.368 e. The molecular formula is C8H15NO4. The first-order valence-electron chi connectivity index (χ1n) is 3.51. The van der Waals surface area contributed by atoms with E-state index in [1.165, 1.54) is 21.1 Å². The number of likely N-dealkylation sites (N-methyl/N-ethyl adjacent to an activating group) is 1. The van der Waals surface area contributed by atoms with Gasteiger partial charge in [-0.2, -0.15) is 0 Å². The second-order valence-electron chi connectivity index (χ2n) is 3.18. The van der Waals surface area contributed by atoms with E-state index in [0.29, 0.717) is 0 Å². The summed E-state index contributed by atoms with van der Waals surface area (Å²) in [6, 6.07) is -1.50. The third-order valence-corrected chi connectivity index (χ3v) is 1.23. The van der Waals surface area contributed by atoms with Gasteiger partial charge in [0.1, 0.15) is 5.97 Å². The summed E-state index contributed by atoms with van der Waals surface area (Å²) in [4.78, 5) is 20.6. The Kier molecular flexibility index (Phi) is 5.80. The van der Waals surface area contributed by atoms with Crippen molar-refractivity contribution in [2.45, 2.75) is 6.04 Å². The van der Waals surface area contributed by atoms with Gasteiger partial charge in [-0.25, -0.2) is 4.79 Å². The molecule has 0 spiro atoms. The van der Waals surface area contributed by atoms with E-state index in [-0.39, 0.29) is 4.48 Å². The summed E-state index contributed by atoms with van der Waals surface area (Å²) < 4.78 is -0.183. The Morgan fingerprint density at radius 1 is 1.31 bits per heavy atom. The fourth-order valence-corrected chi connectivity index (χ4v) is 0.748. The normalized spacial score (nSPS) is 12.2. The van der Waals surface area contributed by atoms with Crippen molar-refractivity contribution in [2.75, 3.05) is 21.1 Å². The second kappa shape index (κ2) is 5.31. The molecule has 1 N–H and O–H groups in total. The van der Waals surface area contributed by atoms with Crippen molar-refractivity contribution >= 4 is 11.9 Å². The number of carboxylic acid groups (broad SMARTS) is 2. The molecule has 0 bridgehead atoms. The van der Waals surface area contributed by atoms with Gasteiger partial charge in [0.2, 0.25) is 6.04 Å². The van der Waals surface area contributed by atoms with Crippen LogP contribution in [0.15, 0.2) is 13.2 Å². The highest BCUT2D eigenvalue weighted by Crippen LogP contribution is 2.01. The predicted molar refractivity (Wildman–Crippen MR) is 45.7 cm³/mol. The fraction of sp³-hybridized carbons (Fsp3) is 0.500. The summed E-state index contributed by atoms with van der Waals surface area (Å²) in [5.41, 5.74) is 0. The van der Waals surface area contributed by atoms with Crippen molar-refractivity contribution in [2.24, 2.45) is 0 Å². The number of quaternary nitrogens is 1. The minimum atomic E-state index is -1.56. The minimum absolute atomic E-state index is 0.183. The first-order chi connectivity index (χ1) is 5.76. The standard InChI is InChI=1S/C6H11NO4.C2H4/c1-7(2,3)4(5(8)9)6(10)11;1-2/h4H,1-3H3,(H-,8,9,10,11);1-2H2. The molecule has 0 aliphatic heterocycles. The van der Waals surface area contributed by atoms with Crippen LogP contribution in [0.5, 0.6) is 0 Å². The van der Waals surface area contributed by atoms with Crippen LogP contribution >= 0.6 is 0 Å². The molecule has 0 aromatic rings. The van der Waals surface area contributed by atoms with E-state index in [1.54, 1.807) is 0 Å². The van der Waals surface area contributed by atoms with Crippen LogP contribution in [0.1, 0.15) is 0 Å². The average Bonchev–Trinajstić information content (AvgIpc) is 1.85. The fourth-order valence-electron chi connectivity index (χ4n) is 0.748. The number of aliphatic carboxylic acids is 2. The molecule has 0 amide bonds. The molecule has 0 aliphatic rings. The molecule has 0 radical (unpaired) electrons. The van der Waals surface area contributed by atoms with Crippen molar-refractivity contribution in [3.05, 3.63) is 13.2 Å². The number of nitrogens with zero attached hydrogens (tertiary/aromatic N) is 1. The first-order valence-corrected chi connectivity index (χ1v) is 3.51. The molecule has 0 heterocycles. The van der Waals surface area contributed by atoms with E-state index in [9.17, 15) is 14.7 Å². The predicted octanol–water partition coefficient (Wildman–Crippen LogP) is -1.30. The molecule has 0 aromatic heterocycles. The Bertz CT molecular complexity index is 181. The zero-order chi connectivity index (χ0) is 11.2. The SMILES string of the molecule is C=C.C[N+](C)(C)C(C(=O)[O-])C(=O)O. The maximum atomic E-state index is 10.4. The summed E-state index contributed by atoms with van der Waals surface area (Å²) >= 11 is 0. The highest BCUT2D eigenvalue weighted by atomic mass is 16.4. The average molecular weight is 189 g/mol. The molecule has 0 saturated carbocycles. The van der Waals surface area contributed by atoms with Crippen LogP contribution in [0, 0.1) is 0 Å². The largest absolute Gasteiger partial charge is 0.543 e. The lowest BCUT2D eigenvalue weighted by atomic mass is 10.2. The highest BCUT2D eigenvalue weighted by Gasteiger charge is 2.32. The van der Waals surface area contributed by atoms with Crippen molar-refractivity contribution < 1.29 is 24.3 Å². The van der Waals surface area contributed by atoms with Gasteiger partial charge < -0.3 is 19.5 Å². The third-order valence-electron chi connectivity index (χ3n) is 1.23. The van der Waals surface area contributed by atoms with E-state index >= 15 is 0 Å². The van der Waals surface area contributed by atoms with Crippen LogP contribution in [0.4, 0.5) is 0 Å². The van der Waals surface area contributed by atoms with Crippen molar-refractivity contribution in [1.29, 1.82) is 0 Å². The van der Waals surface area contributed by atoms with Gasteiger partial charge in [-0.3, -0.25) is 0 Å². The zero-order valence-corrected chi connectivity index (χ0v) is 8.11. The third kappa shape index (κ3) is 4.97. The Morgan fingerprint density at radius 2 is 1.62 bits per heavy atom. The van der Waals surface area contributed by atoms with Gasteiger partial charge in [0.15, 0.2) is 0 Å². The van der Waals surface area contributed by atoms with Crippen LogP contribution in [0.3, 0.4) is 0 Å². The van der Waals surface area contributed by atoms with Gasteiger partial charge in [-0.15, -0.1) is 13.2 Å². The van der Waals surface area contributed by atoms with Gasteiger partial charge in [-0.1, -0.05) is 0 Å². The van der Waals surface area contributed by atoms with Crippen LogP contribution in [0.2, 0.25) is 0 Å². The van der Waals surface area contributed by atoms with Gasteiger partial charge in [-0.05, 0) is 0 Å². The van der Waals surface area contributed by atoms with E-state index in [0.717, 1.165) is 0 Å². The number of carboxylic acids is 2. The number of hydrogen-bond acceptors (Lipinski definition) is 3. The summed E-state index contributed by atoms with van der Waals surface area (Å²) in [6.07, 6.45) is 0. The van der Waals surface area contributed by atoms with E-state index in [1.807, 2.05) is 0 Å². The number of carbonyl (C=O) groups excluding carboxylic acids is 1. The van der Waals surface area contributed by atoms with Gasteiger partial charge >= 0.3 is 5.97 Å². The maximum absolute atomic E-state index is 10.4. The molecule has 0 aliphatic carbocycles. The molecule has 5 heteroatoms. The highest BCUT2D eigenvalue weighted by molar-refractivity contribution is 5.94. The Labute approximate surface area is 77.5 Å². The Balaban J connectivity index is 0. The van der Waals surface area contributed by atoms with E-state index < -0.39 is 18.0 Å². The van der Waals surface area contributed by atoms with Gasteiger partial charge in [0.05, 0.1) is 21.1 Å². The summed E-state index contributed by atoms with van der Waals surface area (Å²) in [7, 11) is 4.44. The lowest BCUT2D eigenvalue weighted by Gasteiger charge is -2.31. The van der Waals surface area contributed by atoms with Crippen molar-refractivity contribution in [1.82, 2.24) is 0 Å². The minimum Gasteiger partial charge on any atom is -0.543 e. The van der Waals surface area contributed by atoms with E-state index in [2.05, 4.69) is 13.2 Å². The number of rotatable bonds is 3. The molecule has 0 rings (SSSR count). The number of hydrogen-bond donors (Lipinski definition) is 1. The monoisotopic (exact) mass is 189 g/mol. The van der Waals surface area contributed by atoms with E-state index in [4.69, 9.17) is 5.11 Å². The van der Waals surface area contributed by atoms with Crippen LogP contribution in [0.25, 0.3) is 0 Å². The molecule has 1 atom stereocenters. The number of carbonyl (C=O) groups is 2. The van der Waals surface area contributed by atoms with Crippen molar-refractivity contribution in [3.8, 4) is 0 Å². The van der Waals surface area contributed by atoms with Gasteiger partial charge in [0.25, 0.3) is 0 Å². The Hall–Kier alpha value is -1.36. The smallest absolute Gasteiger partial charge is 0.368 e. The van der Waals surface area contributed by atoms with Crippen LogP contribution in [-0.4, -0.2) is 48.7 Å². The summed E-state index contributed by atoms with van der Waals surface area (Å²) in [5.74, 6) is -2.94.